The molecule has 1 amide bonds. The van der Waals surface area contributed by atoms with E-state index in [4.69, 9.17) is 0 Å². The molecule has 1 fully saturated rings. The van der Waals surface area contributed by atoms with E-state index in [1.54, 1.807) is 6.08 Å². The zero-order valence-electron chi connectivity index (χ0n) is 25.8. The second-order valence-corrected chi connectivity index (χ2v) is 12.5. The Morgan fingerprint density at radius 2 is 1.68 bits per heavy atom. The number of H-pyrrole nitrogens is 1. The highest BCUT2D eigenvalue weighted by Crippen LogP contribution is 2.37. The first-order valence-corrected chi connectivity index (χ1v) is 15.8. The predicted molar refractivity (Wildman–Crippen MR) is 174 cm³/mol. The van der Waals surface area contributed by atoms with Crippen molar-refractivity contribution < 1.29 is 29.7 Å². The van der Waals surface area contributed by atoms with Crippen LogP contribution in [0, 0.1) is 24.7 Å². The van der Waals surface area contributed by atoms with Gasteiger partial charge in [-0.1, -0.05) is 26.5 Å². The van der Waals surface area contributed by atoms with Crippen molar-refractivity contribution in [1.29, 1.82) is 0 Å². The highest BCUT2D eigenvalue weighted by atomic mass is 32.1. The number of aromatic nitrogens is 1. The molecule has 3 aliphatic heterocycles. The number of rotatable bonds is 13. The maximum absolute atomic E-state index is 12.5. The lowest BCUT2D eigenvalue weighted by molar-refractivity contribution is -0.138. The maximum atomic E-state index is 12.5. The second-order valence-electron chi connectivity index (χ2n) is 12.0. The smallest absolute Gasteiger partial charge is 0.303 e. The molecule has 10 nitrogen and oxygen atoms in total. The number of aliphatic hydroxyl groups is 1. The van der Waals surface area contributed by atoms with Crippen molar-refractivity contribution in [1.82, 2.24) is 20.9 Å². The summed E-state index contributed by atoms with van der Waals surface area (Å²) >= 11 is 4.38. The van der Waals surface area contributed by atoms with E-state index in [1.165, 1.54) is 0 Å². The van der Waals surface area contributed by atoms with Gasteiger partial charge >= 0.3 is 11.9 Å². The van der Waals surface area contributed by atoms with Crippen LogP contribution in [0.4, 0.5) is 0 Å². The Hall–Kier alpha value is -3.86. The van der Waals surface area contributed by atoms with Crippen LogP contribution in [0.25, 0.3) is 12.2 Å². The molecule has 4 rings (SSSR count). The zero-order chi connectivity index (χ0) is 32.3. The van der Waals surface area contributed by atoms with Gasteiger partial charge in [-0.05, 0) is 79.7 Å². The third-order valence-electron chi connectivity index (χ3n) is 9.39. The Morgan fingerprint density at radius 3 is 2.30 bits per heavy atom. The van der Waals surface area contributed by atoms with Gasteiger partial charge in [-0.3, -0.25) is 14.4 Å². The minimum atomic E-state index is -0.902. The summed E-state index contributed by atoms with van der Waals surface area (Å²) in [4.78, 5) is 39.1. The summed E-state index contributed by atoms with van der Waals surface area (Å²) in [7, 11) is 0. The number of amides is 1. The number of nitrogens with one attached hydrogen (secondary N) is 4. The van der Waals surface area contributed by atoms with Crippen molar-refractivity contribution in [3.63, 3.8) is 0 Å². The van der Waals surface area contributed by atoms with Gasteiger partial charge in [0.2, 0.25) is 5.91 Å². The number of hydrogen-bond acceptors (Lipinski definition) is 7. The second kappa shape index (κ2) is 13.8. The van der Waals surface area contributed by atoms with E-state index in [0.29, 0.717) is 25.0 Å². The molecular formula is C33H44N4O6S. The number of carboxylic acids is 2. The summed E-state index contributed by atoms with van der Waals surface area (Å²) in [5, 5.41) is 39.1. The van der Waals surface area contributed by atoms with E-state index in [0.717, 1.165) is 57.0 Å². The number of aliphatic carboxylic acids is 2. The third-order valence-corrected chi connectivity index (χ3v) is 9.65. The minimum Gasteiger partial charge on any atom is -0.495 e. The highest BCUT2D eigenvalue weighted by molar-refractivity contribution is 7.80. The lowest BCUT2D eigenvalue weighted by Crippen LogP contribution is -2.36. The molecule has 0 spiro atoms. The molecule has 0 saturated carbocycles. The number of carboxylic acid groups (broad SMARTS) is 2. The normalized spacial score (nSPS) is 26.8. The van der Waals surface area contributed by atoms with Crippen LogP contribution in [0.1, 0.15) is 75.4 Å². The van der Waals surface area contributed by atoms with Gasteiger partial charge in [0, 0.05) is 71.0 Å². The standard InChI is InChI=1S/C33H44N4O6S/c1-6-20-16(2)26(36-33(20)43)13-24-17(3)21(7-9-30(38)39)27(34-24)15-28-22(8-10-31(40)41)18(4)25(35-28)14-29-23(11-12-44)19(5)32(42)37-29/h6,14-16,19,23-24,26,34-36,43-44H,1,7-13H2,2-5H3,(H,37,42)(H,38,39)(H,40,41)/b27-15-,29-14-/t16?,19-,23-,24?,26-/m1/s1. The van der Waals surface area contributed by atoms with Gasteiger partial charge in [0.05, 0.1) is 0 Å². The van der Waals surface area contributed by atoms with Crippen LogP contribution in [0.3, 0.4) is 0 Å². The van der Waals surface area contributed by atoms with Gasteiger partial charge in [0.1, 0.15) is 0 Å². The summed E-state index contributed by atoms with van der Waals surface area (Å²) in [5.41, 5.74) is 7.59. The number of carbonyl (C=O) groups excluding carboxylic acids is 1. The third kappa shape index (κ3) is 6.93. The van der Waals surface area contributed by atoms with E-state index >= 15 is 0 Å². The van der Waals surface area contributed by atoms with Crippen molar-refractivity contribution >= 4 is 42.6 Å². The fourth-order valence-electron chi connectivity index (χ4n) is 6.64. The molecule has 3 aliphatic rings. The molecule has 1 aromatic heterocycles. The van der Waals surface area contributed by atoms with Crippen LogP contribution < -0.4 is 16.0 Å². The Kier molecular flexibility index (Phi) is 10.4. The van der Waals surface area contributed by atoms with Gasteiger partial charge in [-0.15, -0.1) is 0 Å². The molecule has 0 aliphatic carbocycles. The van der Waals surface area contributed by atoms with E-state index in [1.807, 2.05) is 39.8 Å². The molecule has 44 heavy (non-hydrogen) atoms. The Bertz CT molecular complexity index is 1470. The van der Waals surface area contributed by atoms with Gasteiger partial charge in [0.25, 0.3) is 0 Å². The molecule has 1 aromatic rings. The Morgan fingerprint density at radius 1 is 1.00 bits per heavy atom. The van der Waals surface area contributed by atoms with Crippen LogP contribution in [0.5, 0.6) is 0 Å². The maximum Gasteiger partial charge on any atom is 0.303 e. The average Bonchev–Trinajstić information content (AvgIpc) is 3.60. The molecule has 1 saturated heterocycles. The van der Waals surface area contributed by atoms with Crippen molar-refractivity contribution in [2.45, 2.75) is 78.3 Å². The van der Waals surface area contributed by atoms with Gasteiger partial charge in [-0.25, -0.2) is 0 Å². The number of carbonyl (C=O) groups is 3. The topological polar surface area (TPSA) is 164 Å². The first kappa shape index (κ1) is 33.0. The quantitative estimate of drug-likeness (QED) is 0.145. The summed E-state index contributed by atoms with van der Waals surface area (Å²) in [6, 6.07) is -0.138. The largest absolute Gasteiger partial charge is 0.495 e. The number of allylic oxidation sites excluding steroid dienone is 3. The van der Waals surface area contributed by atoms with Crippen LogP contribution >= 0.6 is 12.6 Å². The van der Waals surface area contributed by atoms with Crippen LogP contribution in [0.15, 0.2) is 46.7 Å². The molecule has 7 N–H and O–H groups in total. The highest BCUT2D eigenvalue weighted by Gasteiger charge is 2.36. The van der Waals surface area contributed by atoms with Crippen molar-refractivity contribution in [2.24, 2.45) is 17.8 Å². The lowest BCUT2D eigenvalue weighted by atomic mass is 9.90. The summed E-state index contributed by atoms with van der Waals surface area (Å²) in [5.74, 6) is -1.15. The monoisotopic (exact) mass is 624 g/mol. The molecule has 4 heterocycles. The molecule has 0 radical (unpaired) electrons. The molecule has 2 unspecified atom stereocenters. The van der Waals surface area contributed by atoms with Crippen molar-refractivity contribution in [3.05, 3.63) is 69.2 Å². The Labute approximate surface area is 263 Å². The van der Waals surface area contributed by atoms with Crippen LogP contribution in [0.2, 0.25) is 0 Å². The van der Waals surface area contributed by atoms with Gasteiger partial charge < -0.3 is 36.3 Å². The van der Waals surface area contributed by atoms with Crippen LogP contribution in [-0.2, 0) is 20.8 Å². The lowest BCUT2D eigenvalue weighted by Gasteiger charge is -2.23. The SMILES string of the molecule is C=CC1=C(O)N[C@H](CC2N/C(=C\c3[nH]c(/C=C4\NC(=O)[C@H](C)[C@H]4CCS)c(C)c3CCC(=O)O)C(CCC(=O)O)=C2C)C1C. The Balaban J connectivity index is 1.72. The van der Waals surface area contributed by atoms with Gasteiger partial charge in [0.15, 0.2) is 5.88 Å². The van der Waals surface area contributed by atoms with E-state index in [2.05, 4.69) is 40.1 Å². The minimum absolute atomic E-state index is 0.0135. The number of aliphatic hydroxyl groups excluding tert-OH is 1. The number of thiol groups is 1. The van der Waals surface area contributed by atoms with E-state index in [9.17, 15) is 29.7 Å². The molecule has 0 aromatic carbocycles. The molecule has 11 heteroatoms. The zero-order valence-corrected chi connectivity index (χ0v) is 26.7. The van der Waals surface area contributed by atoms with Crippen LogP contribution in [-0.4, -0.2) is 56.0 Å². The fourth-order valence-corrected chi connectivity index (χ4v) is 6.92. The average molecular weight is 625 g/mol. The molecule has 5 atom stereocenters. The first-order chi connectivity index (χ1) is 20.9. The molecular weight excluding hydrogens is 580 g/mol. The molecule has 0 bridgehead atoms. The number of hydrogen-bond donors (Lipinski definition) is 8. The summed E-state index contributed by atoms with van der Waals surface area (Å²) in [6.45, 7) is 11.7. The summed E-state index contributed by atoms with van der Waals surface area (Å²) < 4.78 is 0. The predicted octanol–water partition coefficient (Wildman–Crippen LogP) is 4.83. The van der Waals surface area contributed by atoms with Crippen molar-refractivity contribution in [3.8, 4) is 0 Å². The van der Waals surface area contributed by atoms with Gasteiger partial charge in [-0.2, -0.15) is 12.6 Å². The summed E-state index contributed by atoms with van der Waals surface area (Å²) in [6.07, 6.45) is 7.51. The van der Waals surface area contributed by atoms with Crippen molar-refractivity contribution in [2.75, 3.05) is 5.75 Å². The fraction of sp³-hybridized carbons (Fsp3) is 0.485. The number of aromatic amines is 1. The first-order valence-electron chi connectivity index (χ1n) is 15.1. The van der Waals surface area contributed by atoms with E-state index in [-0.39, 0.29) is 54.5 Å². The molecule has 238 valence electrons. The van der Waals surface area contributed by atoms with E-state index < -0.39 is 11.9 Å².